The number of hydrogen-bond acceptors (Lipinski definition) is 2. The van der Waals surface area contributed by atoms with Crippen LogP contribution in [0, 0.1) is 6.92 Å². The molecular weight excluding hydrogens is 262 g/mol. The summed E-state index contributed by atoms with van der Waals surface area (Å²) in [6.07, 6.45) is 3.93. The smallest absolute Gasteiger partial charge is 0.192 e. The van der Waals surface area contributed by atoms with Crippen LogP contribution < -0.4 is 5.43 Å². The molecule has 0 radical (unpaired) electrons. The van der Waals surface area contributed by atoms with Crippen molar-refractivity contribution in [2.45, 2.75) is 26.3 Å². The monoisotopic (exact) mass is 279 g/mol. The van der Waals surface area contributed by atoms with Gasteiger partial charge in [0.1, 0.15) is 0 Å². The first-order valence-corrected chi connectivity index (χ1v) is 6.79. The zero-order chi connectivity index (χ0) is 13.8. The Bertz CT molecular complexity index is 634. The maximum absolute atomic E-state index is 12.1. The van der Waals surface area contributed by atoms with Gasteiger partial charge in [0.2, 0.25) is 0 Å². The lowest BCUT2D eigenvalue weighted by Crippen LogP contribution is -2.12. The molecule has 0 atom stereocenters. The minimum absolute atomic E-state index is 0.0832. The Kier molecular flexibility index (Phi) is 4.61. The molecule has 0 spiro atoms. The number of unbranched alkanes of at least 4 members (excludes halogenated alkanes) is 1. The number of pyridine rings is 1. The molecule has 0 bridgehead atoms. The highest BCUT2D eigenvalue weighted by Gasteiger charge is 2.06. The number of aromatic nitrogens is 1. The van der Waals surface area contributed by atoms with E-state index in [1.54, 1.807) is 19.2 Å². The van der Waals surface area contributed by atoms with Gasteiger partial charge in [-0.2, -0.15) is 0 Å². The van der Waals surface area contributed by atoms with Crippen molar-refractivity contribution in [2.75, 3.05) is 13.7 Å². The summed E-state index contributed by atoms with van der Waals surface area (Å²) in [6, 6.07) is 5.42. The van der Waals surface area contributed by atoms with E-state index in [1.807, 2.05) is 19.2 Å². The van der Waals surface area contributed by atoms with Crippen molar-refractivity contribution in [1.29, 1.82) is 0 Å². The minimum atomic E-state index is 0.0832. The number of nitrogens with zero attached hydrogens (tertiary/aromatic N) is 1. The van der Waals surface area contributed by atoms with Crippen LogP contribution in [0.5, 0.6) is 0 Å². The fourth-order valence-electron chi connectivity index (χ4n) is 2.22. The third-order valence-corrected chi connectivity index (χ3v) is 3.45. The Morgan fingerprint density at radius 2 is 2.11 bits per heavy atom. The van der Waals surface area contributed by atoms with Gasteiger partial charge in [-0.3, -0.25) is 4.79 Å². The third kappa shape index (κ3) is 3.17. The van der Waals surface area contributed by atoms with Crippen LogP contribution in [-0.4, -0.2) is 18.3 Å². The van der Waals surface area contributed by atoms with Gasteiger partial charge in [-0.1, -0.05) is 11.6 Å². The lowest BCUT2D eigenvalue weighted by Gasteiger charge is -2.12. The average Bonchev–Trinajstić information content (AvgIpc) is 2.40. The molecule has 0 amide bonds. The van der Waals surface area contributed by atoms with Crippen LogP contribution in [-0.2, 0) is 11.3 Å². The largest absolute Gasteiger partial charge is 0.385 e. The maximum Gasteiger partial charge on any atom is 0.192 e. The fourth-order valence-corrected chi connectivity index (χ4v) is 2.39. The molecule has 0 unspecified atom stereocenters. The van der Waals surface area contributed by atoms with E-state index in [4.69, 9.17) is 16.3 Å². The van der Waals surface area contributed by atoms with E-state index in [2.05, 4.69) is 4.57 Å². The average molecular weight is 280 g/mol. The van der Waals surface area contributed by atoms with Gasteiger partial charge in [-0.15, -0.1) is 0 Å². The van der Waals surface area contributed by atoms with E-state index in [1.165, 1.54) is 0 Å². The quantitative estimate of drug-likeness (QED) is 0.786. The summed E-state index contributed by atoms with van der Waals surface area (Å²) in [5, 5.41) is 1.39. The van der Waals surface area contributed by atoms with E-state index in [0.717, 1.165) is 42.5 Å². The molecule has 2 aromatic rings. The Labute approximate surface area is 117 Å². The SMILES string of the molecule is COCCCCn1cc(C)c(=O)c2ccc(Cl)cc21. The van der Waals surface area contributed by atoms with Crippen LogP contribution in [0.15, 0.2) is 29.2 Å². The topological polar surface area (TPSA) is 31.2 Å². The van der Waals surface area contributed by atoms with Gasteiger partial charge in [0.25, 0.3) is 0 Å². The third-order valence-electron chi connectivity index (χ3n) is 3.22. The lowest BCUT2D eigenvalue weighted by atomic mass is 10.1. The number of rotatable bonds is 5. The second kappa shape index (κ2) is 6.22. The molecule has 0 aliphatic heterocycles. The van der Waals surface area contributed by atoms with Gasteiger partial charge < -0.3 is 9.30 Å². The highest BCUT2D eigenvalue weighted by atomic mass is 35.5. The number of hydrogen-bond donors (Lipinski definition) is 0. The second-order valence-electron chi connectivity index (χ2n) is 4.70. The van der Waals surface area contributed by atoms with Crippen molar-refractivity contribution >= 4 is 22.5 Å². The summed E-state index contributed by atoms with van der Waals surface area (Å²) < 4.78 is 7.15. The minimum Gasteiger partial charge on any atom is -0.385 e. The van der Waals surface area contributed by atoms with Crippen LogP contribution in [0.3, 0.4) is 0 Å². The Hall–Kier alpha value is -1.32. The normalized spacial score (nSPS) is 11.1. The maximum atomic E-state index is 12.1. The van der Waals surface area contributed by atoms with Crippen LogP contribution in [0.4, 0.5) is 0 Å². The van der Waals surface area contributed by atoms with Gasteiger partial charge in [0.15, 0.2) is 5.43 Å². The first-order valence-electron chi connectivity index (χ1n) is 6.41. The van der Waals surface area contributed by atoms with E-state index >= 15 is 0 Å². The number of ether oxygens (including phenoxy) is 1. The molecule has 0 N–H and O–H groups in total. The Morgan fingerprint density at radius 1 is 1.32 bits per heavy atom. The highest BCUT2D eigenvalue weighted by Crippen LogP contribution is 2.18. The fraction of sp³-hybridized carbons (Fsp3) is 0.400. The molecule has 0 saturated heterocycles. The summed E-state index contributed by atoms with van der Waals surface area (Å²) in [5.74, 6) is 0. The van der Waals surface area contributed by atoms with E-state index in [0.29, 0.717) is 5.02 Å². The molecule has 19 heavy (non-hydrogen) atoms. The van der Waals surface area contributed by atoms with Crippen molar-refractivity contribution in [3.8, 4) is 0 Å². The Morgan fingerprint density at radius 3 is 2.84 bits per heavy atom. The summed E-state index contributed by atoms with van der Waals surface area (Å²) in [5.41, 5.74) is 1.75. The van der Waals surface area contributed by atoms with Gasteiger partial charge in [0, 0.05) is 42.4 Å². The standard InChI is InChI=1S/C15H18ClNO2/c1-11-10-17(7-3-4-8-19-2)14-9-12(16)5-6-13(14)15(11)18/h5-6,9-10H,3-4,7-8H2,1-2H3. The molecule has 0 aliphatic carbocycles. The number of benzene rings is 1. The molecule has 102 valence electrons. The molecule has 1 heterocycles. The molecule has 4 heteroatoms. The molecular formula is C15H18ClNO2. The molecule has 1 aromatic carbocycles. The number of fused-ring (bicyclic) bond motifs is 1. The number of aryl methyl sites for hydroxylation is 2. The highest BCUT2D eigenvalue weighted by molar-refractivity contribution is 6.31. The van der Waals surface area contributed by atoms with Crippen molar-refractivity contribution in [3.63, 3.8) is 0 Å². The Balaban J connectivity index is 2.39. The number of methoxy groups -OCH3 is 1. The van der Waals surface area contributed by atoms with Crippen LogP contribution in [0.1, 0.15) is 18.4 Å². The zero-order valence-corrected chi connectivity index (χ0v) is 12.0. The first kappa shape index (κ1) is 14.1. The summed E-state index contributed by atoms with van der Waals surface area (Å²) >= 11 is 6.03. The molecule has 1 aromatic heterocycles. The van der Waals surface area contributed by atoms with Crippen LogP contribution in [0.25, 0.3) is 10.9 Å². The van der Waals surface area contributed by atoms with Crippen molar-refractivity contribution in [3.05, 3.63) is 45.2 Å². The summed E-state index contributed by atoms with van der Waals surface area (Å²) in [4.78, 5) is 12.1. The molecule has 0 saturated carbocycles. The lowest BCUT2D eigenvalue weighted by molar-refractivity contribution is 0.191. The predicted octanol–water partition coefficient (Wildman–Crippen LogP) is 3.39. The molecule has 0 fully saturated rings. The van der Waals surface area contributed by atoms with Crippen LogP contribution >= 0.6 is 11.6 Å². The van der Waals surface area contributed by atoms with Crippen molar-refractivity contribution in [1.82, 2.24) is 4.57 Å². The molecule has 0 aliphatic rings. The predicted molar refractivity (Wildman–Crippen MR) is 79.1 cm³/mol. The van der Waals surface area contributed by atoms with Crippen molar-refractivity contribution in [2.24, 2.45) is 0 Å². The summed E-state index contributed by atoms with van der Waals surface area (Å²) in [6.45, 7) is 3.47. The number of halogens is 1. The van der Waals surface area contributed by atoms with E-state index in [-0.39, 0.29) is 5.43 Å². The van der Waals surface area contributed by atoms with Gasteiger partial charge >= 0.3 is 0 Å². The van der Waals surface area contributed by atoms with Crippen LogP contribution in [0.2, 0.25) is 5.02 Å². The molecule has 3 nitrogen and oxygen atoms in total. The van der Waals surface area contributed by atoms with Gasteiger partial charge in [-0.25, -0.2) is 0 Å². The zero-order valence-electron chi connectivity index (χ0n) is 11.3. The van der Waals surface area contributed by atoms with E-state index in [9.17, 15) is 4.79 Å². The first-order chi connectivity index (χ1) is 9.13. The van der Waals surface area contributed by atoms with Gasteiger partial charge in [0.05, 0.1) is 5.52 Å². The second-order valence-corrected chi connectivity index (χ2v) is 5.13. The summed E-state index contributed by atoms with van der Waals surface area (Å²) in [7, 11) is 1.71. The van der Waals surface area contributed by atoms with E-state index < -0.39 is 0 Å². The molecule has 2 rings (SSSR count). The van der Waals surface area contributed by atoms with Crippen molar-refractivity contribution < 1.29 is 4.74 Å². The van der Waals surface area contributed by atoms with Gasteiger partial charge in [-0.05, 0) is 38.0 Å².